The molecule has 0 aliphatic rings. The highest BCUT2D eigenvalue weighted by Crippen LogP contribution is 2.36. The van der Waals surface area contributed by atoms with E-state index in [4.69, 9.17) is 17.3 Å². The molecule has 176 valence electrons. The van der Waals surface area contributed by atoms with E-state index in [1.54, 1.807) is 6.07 Å². The van der Waals surface area contributed by atoms with E-state index < -0.39 is 23.3 Å². The van der Waals surface area contributed by atoms with Gasteiger partial charge in [-0.2, -0.15) is 28.5 Å². The van der Waals surface area contributed by atoms with Crippen LogP contribution in [0.3, 0.4) is 0 Å². The van der Waals surface area contributed by atoms with E-state index in [1.807, 2.05) is 0 Å². The number of hydrogen-bond donors (Lipinski definition) is 2. The molecule has 0 saturated heterocycles. The molecule has 35 heavy (non-hydrogen) atoms. The lowest BCUT2D eigenvalue weighted by Crippen LogP contribution is -2.21. The number of amides is 1. The van der Waals surface area contributed by atoms with Gasteiger partial charge >= 0.3 is 6.18 Å². The van der Waals surface area contributed by atoms with Crippen molar-refractivity contribution < 1.29 is 18.0 Å². The molecule has 10 nitrogen and oxygen atoms in total. The van der Waals surface area contributed by atoms with Crippen molar-refractivity contribution in [3.8, 4) is 11.5 Å². The van der Waals surface area contributed by atoms with Gasteiger partial charge in [-0.1, -0.05) is 23.7 Å². The molecule has 0 radical (unpaired) electrons. The molecular weight excluding hydrogens is 487 g/mol. The van der Waals surface area contributed by atoms with Crippen LogP contribution in [-0.4, -0.2) is 40.6 Å². The quantitative estimate of drug-likeness (QED) is 0.383. The van der Waals surface area contributed by atoms with E-state index in [1.165, 1.54) is 49.1 Å². The van der Waals surface area contributed by atoms with Gasteiger partial charge in [0.2, 0.25) is 0 Å². The standard InChI is InChI=1S/C21H13ClF3N9O/c22-15-8-11(9-28-19(15)34-29-6-7-30-34)32-20(35)14-10-31-33(17(14)21(23,24)25)16-3-1-2-13-12(16)4-5-27-18(13)26/h1-10H,(H2,26,27)(H,32,35). The second-order valence-electron chi connectivity index (χ2n) is 7.19. The number of carbonyl (C=O) groups excluding carboxylic acids is 1. The summed E-state index contributed by atoms with van der Waals surface area (Å²) >= 11 is 6.18. The summed E-state index contributed by atoms with van der Waals surface area (Å²) < 4.78 is 43.1. The van der Waals surface area contributed by atoms with E-state index in [-0.39, 0.29) is 28.0 Å². The molecule has 3 N–H and O–H groups in total. The topological polar surface area (TPSA) is 129 Å². The average Bonchev–Trinajstić information content (AvgIpc) is 3.49. The maximum atomic E-state index is 14.2. The van der Waals surface area contributed by atoms with Crippen molar-refractivity contribution in [2.75, 3.05) is 11.1 Å². The van der Waals surface area contributed by atoms with E-state index in [9.17, 15) is 18.0 Å². The van der Waals surface area contributed by atoms with Crippen molar-refractivity contribution >= 4 is 39.8 Å². The summed E-state index contributed by atoms with van der Waals surface area (Å²) in [6.07, 6.45) is 1.38. The first-order valence-electron chi connectivity index (χ1n) is 9.86. The molecule has 0 atom stereocenters. The largest absolute Gasteiger partial charge is 0.434 e. The minimum Gasteiger partial charge on any atom is -0.383 e. The smallest absolute Gasteiger partial charge is 0.383 e. The third-order valence-corrected chi connectivity index (χ3v) is 5.29. The molecule has 0 aliphatic heterocycles. The molecule has 14 heteroatoms. The normalized spacial score (nSPS) is 11.7. The van der Waals surface area contributed by atoms with E-state index in [0.717, 1.165) is 11.0 Å². The van der Waals surface area contributed by atoms with Crippen LogP contribution < -0.4 is 11.1 Å². The lowest BCUT2D eigenvalue weighted by Gasteiger charge is -2.15. The van der Waals surface area contributed by atoms with Gasteiger partial charge in [-0.05, 0) is 18.2 Å². The van der Waals surface area contributed by atoms with Crippen molar-refractivity contribution in [3.63, 3.8) is 0 Å². The highest BCUT2D eigenvalue weighted by Gasteiger charge is 2.41. The summed E-state index contributed by atoms with van der Waals surface area (Å²) in [6.45, 7) is 0. The van der Waals surface area contributed by atoms with Gasteiger partial charge < -0.3 is 11.1 Å². The van der Waals surface area contributed by atoms with Crippen molar-refractivity contribution in [1.29, 1.82) is 0 Å². The molecule has 0 saturated carbocycles. The van der Waals surface area contributed by atoms with Crippen molar-refractivity contribution in [2.45, 2.75) is 6.18 Å². The zero-order chi connectivity index (χ0) is 24.7. The van der Waals surface area contributed by atoms with Gasteiger partial charge in [-0.3, -0.25) is 4.79 Å². The van der Waals surface area contributed by atoms with Crippen LogP contribution in [0.5, 0.6) is 0 Å². The van der Waals surface area contributed by atoms with Crippen LogP contribution in [0.25, 0.3) is 22.3 Å². The summed E-state index contributed by atoms with van der Waals surface area (Å²) in [4.78, 5) is 22.1. The first kappa shape index (κ1) is 22.3. The van der Waals surface area contributed by atoms with Gasteiger partial charge in [0, 0.05) is 17.0 Å². The first-order valence-corrected chi connectivity index (χ1v) is 10.2. The number of rotatable bonds is 4. The Morgan fingerprint density at radius 1 is 1.00 bits per heavy atom. The Morgan fingerprint density at radius 3 is 2.49 bits per heavy atom. The fourth-order valence-corrected chi connectivity index (χ4v) is 3.78. The van der Waals surface area contributed by atoms with Crippen molar-refractivity contribution in [3.05, 3.63) is 77.6 Å². The Labute approximate surface area is 199 Å². The van der Waals surface area contributed by atoms with Crippen LogP contribution in [0.4, 0.5) is 24.7 Å². The number of carbonyl (C=O) groups is 1. The summed E-state index contributed by atoms with van der Waals surface area (Å²) in [5.41, 5.74) is 4.08. The maximum Gasteiger partial charge on any atom is 0.434 e. The Kier molecular flexibility index (Phi) is 5.32. The monoisotopic (exact) mass is 499 g/mol. The van der Waals surface area contributed by atoms with Gasteiger partial charge in [0.1, 0.15) is 5.82 Å². The van der Waals surface area contributed by atoms with Crippen LogP contribution in [0.1, 0.15) is 16.1 Å². The Hall–Kier alpha value is -4.52. The third kappa shape index (κ3) is 4.01. The van der Waals surface area contributed by atoms with Gasteiger partial charge in [0.05, 0.1) is 46.7 Å². The van der Waals surface area contributed by atoms with Gasteiger partial charge in [-0.15, -0.1) is 4.80 Å². The summed E-state index contributed by atoms with van der Waals surface area (Å²) in [7, 11) is 0. The molecule has 4 aromatic heterocycles. The molecule has 5 rings (SSSR count). The lowest BCUT2D eigenvalue weighted by atomic mass is 10.1. The molecular formula is C21H13ClF3N9O. The number of nitrogens with two attached hydrogens (primary N) is 1. The lowest BCUT2D eigenvalue weighted by molar-refractivity contribution is -0.143. The number of benzene rings is 1. The van der Waals surface area contributed by atoms with Crippen molar-refractivity contribution in [1.82, 2.24) is 34.7 Å². The Bertz CT molecular complexity index is 1560. The van der Waals surface area contributed by atoms with Gasteiger partial charge in [-0.25, -0.2) is 14.6 Å². The summed E-state index contributed by atoms with van der Waals surface area (Å²) in [6, 6.07) is 7.44. The number of anilines is 2. The van der Waals surface area contributed by atoms with E-state index in [2.05, 4.69) is 30.6 Å². The number of hydrogen-bond acceptors (Lipinski definition) is 7. The highest BCUT2D eigenvalue weighted by molar-refractivity contribution is 6.32. The first-order chi connectivity index (χ1) is 16.7. The van der Waals surface area contributed by atoms with E-state index >= 15 is 0 Å². The number of nitrogens with one attached hydrogen (secondary N) is 1. The number of alkyl halides is 3. The molecule has 4 heterocycles. The number of nitrogen functional groups attached to an aromatic ring is 1. The van der Waals surface area contributed by atoms with Gasteiger partial charge in [0.25, 0.3) is 5.91 Å². The maximum absolute atomic E-state index is 14.2. The second kappa shape index (κ2) is 8.36. The number of aromatic nitrogens is 7. The third-order valence-electron chi connectivity index (χ3n) is 5.01. The molecule has 0 fully saturated rings. The predicted octanol–water partition coefficient (Wildman–Crippen LogP) is 3.90. The fourth-order valence-electron chi connectivity index (χ4n) is 3.54. The van der Waals surface area contributed by atoms with Gasteiger partial charge in [0.15, 0.2) is 11.5 Å². The molecule has 0 spiro atoms. The zero-order valence-corrected chi connectivity index (χ0v) is 18.2. The summed E-state index contributed by atoms with van der Waals surface area (Å²) in [5.74, 6) is -0.711. The van der Waals surface area contributed by atoms with Crippen LogP contribution in [0, 0.1) is 0 Å². The number of nitrogens with zero attached hydrogens (tertiary/aromatic N) is 7. The van der Waals surface area contributed by atoms with Crippen LogP contribution in [-0.2, 0) is 6.18 Å². The number of halogens is 4. The highest BCUT2D eigenvalue weighted by atomic mass is 35.5. The van der Waals surface area contributed by atoms with Crippen LogP contribution >= 0.6 is 11.6 Å². The fraction of sp³-hybridized carbons (Fsp3) is 0.0476. The molecule has 1 amide bonds. The van der Waals surface area contributed by atoms with Crippen LogP contribution in [0.15, 0.2) is 61.3 Å². The minimum atomic E-state index is -4.91. The zero-order valence-electron chi connectivity index (χ0n) is 17.4. The second-order valence-corrected chi connectivity index (χ2v) is 7.59. The summed E-state index contributed by atoms with van der Waals surface area (Å²) in [5, 5.41) is 15.0. The molecule has 0 aliphatic carbocycles. The Balaban J connectivity index is 1.54. The van der Waals surface area contributed by atoms with Crippen molar-refractivity contribution in [2.24, 2.45) is 0 Å². The number of pyridine rings is 2. The molecule has 5 aromatic rings. The predicted molar refractivity (Wildman–Crippen MR) is 120 cm³/mol. The molecule has 0 unspecified atom stereocenters. The average molecular weight is 500 g/mol. The van der Waals surface area contributed by atoms with Crippen LogP contribution in [0.2, 0.25) is 5.02 Å². The Morgan fingerprint density at radius 2 is 1.77 bits per heavy atom. The van der Waals surface area contributed by atoms with E-state index in [0.29, 0.717) is 15.5 Å². The minimum absolute atomic E-state index is 0.0702. The number of fused-ring (bicyclic) bond motifs is 1. The molecule has 1 aromatic carbocycles. The molecule has 0 bridgehead atoms. The SMILES string of the molecule is Nc1nccc2c(-n3ncc(C(=O)Nc4cnc(-n5nccn5)c(Cl)c4)c3C(F)(F)F)cccc12.